The van der Waals surface area contributed by atoms with Gasteiger partial charge in [0.05, 0.1) is 12.2 Å². The minimum atomic E-state index is -4.61. The first kappa shape index (κ1) is 31.0. The molecule has 3 heterocycles. The number of amides is 1. The van der Waals surface area contributed by atoms with Crippen LogP contribution in [0.25, 0.3) is 11.6 Å². The zero-order valence-electron chi connectivity index (χ0n) is 24.8. The minimum Gasteiger partial charge on any atom is -0.395 e. The van der Waals surface area contributed by atoms with Crippen LogP contribution >= 0.6 is 0 Å². The van der Waals surface area contributed by atoms with Crippen LogP contribution in [0.3, 0.4) is 0 Å². The summed E-state index contributed by atoms with van der Waals surface area (Å²) >= 11 is 0. The largest absolute Gasteiger partial charge is 0.416 e. The first-order valence-corrected chi connectivity index (χ1v) is 14.2. The third kappa shape index (κ3) is 7.37. The molecule has 12 heteroatoms. The Labute approximate surface area is 253 Å². The van der Waals surface area contributed by atoms with E-state index in [2.05, 4.69) is 37.0 Å². The van der Waals surface area contributed by atoms with E-state index >= 15 is 0 Å². The lowest BCUT2D eigenvalue weighted by molar-refractivity contribution is -0.138. The molecule has 0 atom stereocenters. The van der Waals surface area contributed by atoms with Crippen LogP contribution in [-0.4, -0.2) is 79.7 Å². The molecule has 1 aliphatic rings. The van der Waals surface area contributed by atoms with E-state index < -0.39 is 17.6 Å². The fourth-order valence-corrected chi connectivity index (χ4v) is 5.11. The number of anilines is 1. The highest BCUT2D eigenvalue weighted by Crippen LogP contribution is 2.34. The van der Waals surface area contributed by atoms with E-state index in [4.69, 9.17) is 5.11 Å². The van der Waals surface area contributed by atoms with Gasteiger partial charge in [-0.25, -0.2) is 9.97 Å². The second-order valence-corrected chi connectivity index (χ2v) is 10.9. The molecule has 1 amide bonds. The molecule has 2 aromatic carbocycles. The van der Waals surface area contributed by atoms with Crippen molar-refractivity contribution in [2.24, 2.45) is 7.05 Å². The number of rotatable bonds is 7. The van der Waals surface area contributed by atoms with E-state index in [1.807, 2.05) is 30.4 Å². The Morgan fingerprint density at radius 1 is 1.07 bits per heavy atom. The number of hydrogen-bond donors (Lipinski definition) is 3. The summed E-state index contributed by atoms with van der Waals surface area (Å²) in [5.74, 6) is 6.77. The first-order chi connectivity index (χ1) is 21.0. The van der Waals surface area contributed by atoms with E-state index in [1.165, 1.54) is 12.1 Å². The Balaban J connectivity index is 1.30. The number of aryl methyl sites for hydroxylation is 3. The molecular formula is C32H34F3N7O2. The van der Waals surface area contributed by atoms with Gasteiger partial charge in [0, 0.05) is 81.2 Å². The van der Waals surface area contributed by atoms with Crippen LogP contribution in [0.5, 0.6) is 0 Å². The summed E-state index contributed by atoms with van der Waals surface area (Å²) in [4.78, 5) is 29.1. The number of benzene rings is 2. The lowest BCUT2D eigenvalue weighted by Crippen LogP contribution is -2.46. The van der Waals surface area contributed by atoms with Crippen LogP contribution in [0, 0.1) is 25.7 Å². The molecule has 0 spiro atoms. The Hall–Kier alpha value is -4.44. The normalized spacial score (nSPS) is 14.3. The van der Waals surface area contributed by atoms with Crippen molar-refractivity contribution in [2.45, 2.75) is 26.6 Å². The molecule has 5 rings (SSSR count). The molecule has 1 fully saturated rings. The maximum absolute atomic E-state index is 14.1. The van der Waals surface area contributed by atoms with E-state index in [0.29, 0.717) is 61.3 Å². The van der Waals surface area contributed by atoms with Crippen molar-refractivity contribution in [3.05, 3.63) is 88.0 Å². The van der Waals surface area contributed by atoms with Crippen molar-refractivity contribution in [2.75, 3.05) is 44.6 Å². The van der Waals surface area contributed by atoms with Crippen molar-refractivity contribution in [3.8, 4) is 23.5 Å². The fraction of sp³-hybridized carbons (Fsp3) is 0.344. The number of halogens is 3. The maximum Gasteiger partial charge on any atom is 0.416 e. The summed E-state index contributed by atoms with van der Waals surface area (Å²) in [5.41, 5.74) is 2.60. The number of alkyl halides is 3. The summed E-state index contributed by atoms with van der Waals surface area (Å²) in [6.45, 7) is 7.08. The van der Waals surface area contributed by atoms with Crippen molar-refractivity contribution >= 4 is 11.6 Å². The van der Waals surface area contributed by atoms with Gasteiger partial charge in [0.1, 0.15) is 5.69 Å². The van der Waals surface area contributed by atoms with Crippen molar-refractivity contribution < 1.29 is 23.1 Å². The van der Waals surface area contributed by atoms with Crippen LogP contribution in [0.1, 0.15) is 44.0 Å². The molecule has 0 unspecified atom stereocenters. The monoisotopic (exact) mass is 605 g/mol. The minimum absolute atomic E-state index is 0.0535. The highest BCUT2D eigenvalue weighted by Gasteiger charge is 2.34. The number of aliphatic hydroxyl groups excluding tert-OH is 1. The van der Waals surface area contributed by atoms with Gasteiger partial charge in [-0.15, -0.1) is 0 Å². The number of β-amino-alcohol motifs (C(OH)–C–C–N with tert-alkyl or cyclic N) is 1. The molecule has 9 nitrogen and oxygen atoms in total. The Bertz CT molecular complexity index is 1710. The lowest BCUT2D eigenvalue weighted by atomic mass is 10.0. The number of hydrogen-bond acceptors (Lipinski definition) is 6. The second kappa shape index (κ2) is 13.1. The fourth-order valence-electron chi connectivity index (χ4n) is 5.11. The average Bonchev–Trinajstić information content (AvgIpc) is 3.58. The number of aromatic nitrogens is 4. The molecule has 0 radical (unpaired) electrons. The van der Waals surface area contributed by atoms with Gasteiger partial charge < -0.3 is 20.0 Å². The molecule has 3 N–H and O–H groups in total. The van der Waals surface area contributed by atoms with Crippen LogP contribution in [0.4, 0.5) is 18.9 Å². The molecule has 4 aromatic rings. The van der Waals surface area contributed by atoms with Gasteiger partial charge in [-0.3, -0.25) is 14.6 Å². The van der Waals surface area contributed by atoms with E-state index in [-0.39, 0.29) is 24.3 Å². The highest BCUT2D eigenvalue weighted by atomic mass is 19.4. The Kier molecular flexibility index (Phi) is 9.20. The first-order valence-electron chi connectivity index (χ1n) is 14.2. The molecule has 0 bridgehead atoms. The van der Waals surface area contributed by atoms with Crippen LogP contribution in [0.2, 0.25) is 0 Å². The number of imidazole rings is 2. The number of carbonyl (C=O) groups is 1. The molecule has 230 valence electrons. The van der Waals surface area contributed by atoms with Gasteiger partial charge in [0.25, 0.3) is 5.91 Å². The SMILES string of the molecule is Cc1cnc(-c2nc(C#Cc3cc(NC(=O)c4ccc(CN5CCN(CCO)CC5)c(C(F)(F)F)c4)ccc3C)cn2C)[nH]1. The standard InChI is InChI=1S/C32H34F3N7O2/c1-21-4-8-26(16-23(21)7-9-27-20-40(3)30(38-27)29-36-18-22(2)37-29)39-31(44)24-5-6-25(28(17-24)32(33,34)35)19-42-12-10-41(11-13-42)14-15-43/h4-6,8,16-18,20,43H,10-15,19H2,1-3H3,(H,36,37)(H,39,44). The highest BCUT2D eigenvalue weighted by molar-refractivity contribution is 6.04. The summed E-state index contributed by atoms with van der Waals surface area (Å²) in [6.07, 6.45) is -1.10. The van der Waals surface area contributed by atoms with Crippen LogP contribution in [0.15, 0.2) is 48.8 Å². The molecular weight excluding hydrogens is 571 g/mol. The van der Waals surface area contributed by atoms with E-state index in [9.17, 15) is 18.0 Å². The summed E-state index contributed by atoms with van der Waals surface area (Å²) in [7, 11) is 1.85. The van der Waals surface area contributed by atoms with E-state index in [0.717, 1.165) is 17.3 Å². The molecule has 0 aliphatic carbocycles. The van der Waals surface area contributed by atoms with Gasteiger partial charge in [-0.05, 0) is 55.2 Å². The molecule has 2 aromatic heterocycles. The second-order valence-electron chi connectivity index (χ2n) is 10.9. The predicted octanol–water partition coefficient (Wildman–Crippen LogP) is 4.21. The van der Waals surface area contributed by atoms with Crippen molar-refractivity contribution in [1.29, 1.82) is 0 Å². The van der Waals surface area contributed by atoms with Crippen molar-refractivity contribution in [1.82, 2.24) is 29.3 Å². The number of aliphatic hydroxyl groups is 1. The van der Waals surface area contributed by atoms with Crippen LogP contribution in [-0.2, 0) is 19.8 Å². The van der Waals surface area contributed by atoms with Gasteiger partial charge in [-0.1, -0.05) is 18.1 Å². The predicted molar refractivity (Wildman–Crippen MR) is 161 cm³/mol. The molecule has 0 saturated carbocycles. The van der Waals surface area contributed by atoms with Gasteiger partial charge >= 0.3 is 6.18 Å². The third-order valence-corrected chi connectivity index (χ3v) is 7.56. The van der Waals surface area contributed by atoms with E-state index in [1.54, 1.807) is 30.6 Å². The van der Waals surface area contributed by atoms with Crippen LogP contribution < -0.4 is 5.32 Å². The number of aromatic amines is 1. The number of nitrogens with one attached hydrogen (secondary N) is 2. The lowest BCUT2D eigenvalue weighted by Gasteiger charge is -2.34. The van der Waals surface area contributed by atoms with Gasteiger partial charge in [0.15, 0.2) is 11.6 Å². The third-order valence-electron chi connectivity index (χ3n) is 7.56. The smallest absolute Gasteiger partial charge is 0.395 e. The quantitative estimate of drug-likeness (QED) is 0.273. The number of nitrogens with zero attached hydrogens (tertiary/aromatic N) is 5. The molecule has 1 saturated heterocycles. The Morgan fingerprint density at radius 3 is 2.50 bits per heavy atom. The summed E-state index contributed by atoms with van der Waals surface area (Å²) < 4.78 is 44.0. The number of carbonyl (C=O) groups excluding carboxylic acids is 1. The summed E-state index contributed by atoms with van der Waals surface area (Å²) in [5, 5.41) is 11.8. The molecule has 1 aliphatic heterocycles. The topological polar surface area (TPSA) is 102 Å². The number of piperazine rings is 1. The zero-order valence-corrected chi connectivity index (χ0v) is 24.8. The maximum atomic E-state index is 14.1. The Morgan fingerprint density at radius 2 is 1.82 bits per heavy atom. The van der Waals surface area contributed by atoms with Gasteiger partial charge in [0.2, 0.25) is 0 Å². The molecule has 44 heavy (non-hydrogen) atoms. The zero-order chi connectivity index (χ0) is 31.4. The van der Waals surface area contributed by atoms with Gasteiger partial charge in [-0.2, -0.15) is 13.2 Å². The average molecular weight is 606 g/mol. The number of H-pyrrole nitrogens is 1. The van der Waals surface area contributed by atoms with Crippen molar-refractivity contribution in [3.63, 3.8) is 0 Å². The summed E-state index contributed by atoms with van der Waals surface area (Å²) in [6, 6.07) is 8.90.